The van der Waals surface area contributed by atoms with Crippen LogP contribution in [0.4, 0.5) is 4.79 Å². The zero-order valence-electron chi connectivity index (χ0n) is 10.8. The number of esters is 1. The third-order valence-electron chi connectivity index (χ3n) is 2.96. The molecule has 1 atom stereocenters. The molecule has 1 heterocycles. The van der Waals surface area contributed by atoms with Crippen molar-refractivity contribution in [3.8, 4) is 0 Å². The van der Waals surface area contributed by atoms with Gasteiger partial charge in [-0.15, -0.1) is 0 Å². The number of methoxy groups -OCH3 is 1. The first-order valence-corrected chi connectivity index (χ1v) is 6.51. The number of ether oxygens (including phenoxy) is 1. The summed E-state index contributed by atoms with van der Waals surface area (Å²) in [6, 6.07) is 3.78. The monoisotopic (exact) mass is 314 g/mol. The van der Waals surface area contributed by atoms with Crippen molar-refractivity contribution < 1.29 is 14.3 Å². The van der Waals surface area contributed by atoms with Crippen LogP contribution >= 0.6 is 23.2 Å². The summed E-state index contributed by atoms with van der Waals surface area (Å²) in [4.78, 5) is 23.6. The van der Waals surface area contributed by atoms with Crippen LogP contribution in [0.2, 0.25) is 10.0 Å². The summed E-state index contributed by atoms with van der Waals surface area (Å²) in [5.74, 6) is -0.559. The number of rotatable bonds is 2. The molecule has 20 heavy (non-hydrogen) atoms. The van der Waals surface area contributed by atoms with Crippen molar-refractivity contribution in [2.75, 3.05) is 7.11 Å². The zero-order chi connectivity index (χ0) is 14.9. The van der Waals surface area contributed by atoms with E-state index in [1.54, 1.807) is 25.1 Å². The average molecular weight is 315 g/mol. The van der Waals surface area contributed by atoms with Crippen LogP contribution in [0.3, 0.4) is 0 Å². The van der Waals surface area contributed by atoms with E-state index in [-0.39, 0.29) is 5.57 Å². The first-order valence-electron chi connectivity index (χ1n) is 5.76. The molecule has 1 aliphatic rings. The highest BCUT2D eigenvalue weighted by Gasteiger charge is 2.34. The molecule has 7 heteroatoms. The molecule has 1 aromatic rings. The van der Waals surface area contributed by atoms with Crippen molar-refractivity contribution in [1.29, 1.82) is 0 Å². The van der Waals surface area contributed by atoms with E-state index in [9.17, 15) is 9.59 Å². The minimum absolute atomic E-state index is 0.266. The molecule has 0 spiro atoms. The summed E-state index contributed by atoms with van der Waals surface area (Å²) in [5.41, 5.74) is 1.13. The Morgan fingerprint density at radius 1 is 1.30 bits per heavy atom. The number of hydrogen-bond donors (Lipinski definition) is 2. The molecule has 2 amide bonds. The third-order valence-corrected chi connectivity index (χ3v) is 3.62. The van der Waals surface area contributed by atoms with Gasteiger partial charge in [0.05, 0.1) is 18.7 Å². The molecule has 106 valence electrons. The van der Waals surface area contributed by atoms with E-state index >= 15 is 0 Å². The molecule has 0 saturated carbocycles. The highest BCUT2D eigenvalue weighted by molar-refractivity contribution is 6.36. The van der Waals surface area contributed by atoms with E-state index in [1.165, 1.54) is 7.11 Å². The number of carbonyl (C=O) groups excluding carboxylic acids is 2. The van der Waals surface area contributed by atoms with Crippen LogP contribution in [-0.2, 0) is 9.53 Å². The number of nitrogens with one attached hydrogen (secondary N) is 2. The molecule has 0 bridgehead atoms. The lowest BCUT2D eigenvalue weighted by Crippen LogP contribution is -2.45. The molecule has 0 aliphatic carbocycles. The minimum Gasteiger partial charge on any atom is -0.466 e. The molecule has 2 rings (SSSR count). The Morgan fingerprint density at radius 3 is 2.45 bits per heavy atom. The third kappa shape index (κ3) is 2.59. The van der Waals surface area contributed by atoms with Gasteiger partial charge in [-0.2, -0.15) is 0 Å². The van der Waals surface area contributed by atoms with E-state index in [0.717, 1.165) is 0 Å². The lowest BCUT2D eigenvalue weighted by molar-refractivity contribution is -0.136. The maximum absolute atomic E-state index is 11.9. The first kappa shape index (κ1) is 14.7. The number of hydrogen-bond acceptors (Lipinski definition) is 3. The van der Waals surface area contributed by atoms with Gasteiger partial charge in [-0.3, -0.25) is 0 Å². The normalized spacial score (nSPS) is 18.4. The van der Waals surface area contributed by atoms with Crippen molar-refractivity contribution in [2.24, 2.45) is 0 Å². The smallest absolute Gasteiger partial charge is 0.337 e. The molecule has 0 radical (unpaired) electrons. The minimum atomic E-state index is -0.752. The second-order valence-corrected chi connectivity index (χ2v) is 5.01. The molecule has 0 fully saturated rings. The zero-order valence-corrected chi connectivity index (χ0v) is 12.3. The topological polar surface area (TPSA) is 67.4 Å². The van der Waals surface area contributed by atoms with Gasteiger partial charge in [-0.25, -0.2) is 9.59 Å². The summed E-state index contributed by atoms with van der Waals surface area (Å²) in [6.45, 7) is 1.61. The number of benzene rings is 1. The first-order chi connectivity index (χ1) is 9.45. The Balaban J connectivity index is 2.60. The number of carbonyl (C=O) groups is 2. The van der Waals surface area contributed by atoms with Gasteiger partial charge in [0.2, 0.25) is 0 Å². The largest absolute Gasteiger partial charge is 0.466 e. The van der Waals surface area contributed by atoms with Crippen molar-refractivity contribution in [3.05, 3.63) is 45.1 Å². The highest BCUT2D eigenvalue weighted by atomic mass is 35.5. The van der Waals surface area contributed by atoms with Crippen LogP contribution in [-0.4, -0.2) is 19.1 Å². The molecule has 0 saturated heterocycles. The van der Waals surface area contributed by atoms with E-state index in [4.69, 9.17) is 27.9 Å². The van der Waals surface area contributed by atoms with Crippen LogP contribution in [0.25, 0.3) is 0 Å². The summed E-state index contributed by atoms with van der Waals surface area (Å²) in [6.07, 6.45) is 0. The van der Waals surface area contributed by atoms with E-state index in [1.807, 2.05) is 0 Å². The van der Waals surface area contributed by atoms with Gasteiger partial charge in [-0.05, 0) is 19.1 Å². The van der Waals surface area contributed by atoms with Crippen molar-refractivity contribution in [3.63, 3.8) is 0 Å². The fraction of sp³-hybridized carbons (Fsp3) is 0.231. The summed E-state index contributed by atoms with van der Waals surface area (Å²) in [7, 11) is 1.27. The molecule has 0 unspecified atom stereocenters. The predicted octanol–water partition coefficient (Wildman–Crippen LogP) is 2.79. The Hall–Kier alpha value is -1.72. The number of allylic oxidation sites excluding steroid dienone is 1. The molecule has 5 nitrogen and oxygen atoms in total. The van der Waals surface area contributed by atoms with Crippen LogP contribution in [0.1, 0.15) is 18.5 Å². The maximum atomic E-state index is 11.9. The fourth-order valence-corrected chi connectivity index (χ4v) is 2.69. The summed E-state index contributed by atoms with van der Waals surface area (Å²) in [5, 5.41) is 5.88. The second-order valence-electron chi connectivity index (χ2n) is 4.20. The van der Waals surface area contributed by atoms with Gasteiger partial charge in [0.25, 0.3) is 0 Å². The molecule has 1 aliphatic heterocycles. The molecule has 0 aromatic heterocycles. The molecule has 2 N–H and O–H groups in total. The van der Waals surface area contributed by atoms with Crippen LogP contribution in [0, 0.1) is 0 Å². The van der Waals surface area contributed by atoms with Gasteiger partial charge in [0.15, 0.2) is 0 Å². The number of urea groups is 1. The summed E-state index contributed by atoms with van der Waals surface area (Å²) >= 11 is 12.3. The standard InChI is InChI=1S/C13H12Cl2N2O3/c1-6-9(12(18)20-2)11(17-13(19)16-6)10-7(14)4-3-5-8(10)15/h3-5,11H,1-2H3,(H2,16,17,19)/t11-/m1/s1. The van der Waals surface area contributed by atoms with Gasteiger partial charge in [0.1, 0.15) is 0 Å². The quantitative estimate of drug-likeness (QED) is 0.825. The van der Waals surface area contributed by atoms with E-state index < -0.39 is 18.0 Å². The lowest BCUT2D eigenvalue weighted by atomic mass is 9.95. The molecule has 1 aromatic carbocycles. The second kappa shape index (κ2) is 5.73. The van der Waals surface area contributed by atoms with Crippen LogP contribution in [0.15, 0.2) is 29.5 Å². The van der Waals surface area contributed by atoms with Gasteiger partial charge < -0.3 is 15.4 Å². The Kier molecular flexibility index (Phi) is 4.20. The van der Waals surface area contributed by atoms with Crippen molar-refractivity contribution in [2.45, 2.75) is 13.0 Å². The van der Waals surface area contributed by atoms with Crippen LogP contribution in [0.5, 0.6) is 0 Å². The molecular weight excluding hydrogens is 303 g/mol. The molecular formula is C13H12Cl2N2O3. The van der Waals surface area contributed by atoms with Crippen molar-refractivity contribution in [1.82, 2.24) is 10.6 Å². The maximum Gasteiger partial charge on any atom is 0.337 e. The van der Waals surface area contributed by atoms with Crippen molar-refractivity contribution >= 4 is 35.2 Å². The Bertz CT molecular complexity index is 593. The van der Waals surface area contributed by atoms with E-state index in [2.05, 4.69) is 10.6 Å². The van der Waals surface area contributed by atoms with E-state index in [0.29, 0.717) is 21.3 Å². The highest BCUT2D eigenvalue weighted by Crippen LogP contribution is 2.36. The Morgan fingerprint density at radius 2 is 1.90 bits per heavy atom. The van der Waals surface area contributed by atoms with Gasteiger partial charge >= 0.3 is 12.0 Å². The number of amides is 2. The van der Waals surface area contributed by atoms with Gasteiger partial charge in [0, 0.05) is 21.3 Å². The average Bonchev–Trinajstić information content (AvgIpc) is 2.37. The lowest BCUT2D eigenvalue weighted by Gasteiger charge is -2.28. The summed E-state index contributed by atoms with van der Waals surface area (Å²) < 4.78 is 4.75. The van der Waals surface area contributed by atoms with Gasteiger partial charge in [-0.1, -0.05) is 29.3 Å². The van der Waals surface area contributed by atoms with Crippen LogP contribution < -0.4 is 10.6 Å². The SMILES string of the molecule is COC(=O)C1=C(C)NC(=O)N[C@H]1c1c(Cl)cccc1Cl. The Labute approximate surface area is 125 Å². The predicted molar refractivity (Wildman–Crippen MR) is 75.6 cm³/mol. The fourth-order valence-electron chi connectivity index (χ4n) is 2.08. The number of halogens is 2.